The van der Waals surface area contributed by atoms with Crippen molar-refractivity contribution in [1.29, 1.82) is 0 Å². The van der Waals surface area contributed by atoms with Gasteiger partial charge in [0.15, 0.2) is 5.43 Å². The molecule has 0 unspecified atom stereocenters. The fraction of sp³-hybridized carbons (Fsp3) is 0.143. The molecule has 28 heavy (non-hydrogen) atoms. The average Bonchev–Trinajstić information content (AvgIpc) is 2.71. The number of hydrogen-bond donors (Lipinski definition) is 0. The molecule has 1 aliphatic heterocycles. The number of carbonyl (C=O) groups excluding carboxylic acids is 2. The smallest absolute Gasteiger partial charge is 0.341 e. The molecule has 1 aromatic carbocycles. The van der Waals surface area contributed by atoms with Gasteiger partial charge in [0.1, 0.15) is 17.1 Å². The first-order valence-electron chi connectivity index (χ1n) is 8.60. The molecular formula is C21H15NO6. The fourth-order valence-corrected chi connectivity index (χ4v) is 3.05. The van der Waals surface area contributed by atoms with Crippen molar-refractivity contribution >= 4 is 33.8 Å². The summed E-state index contributed by atoms with van der Waals surface area (Å²) < 4.78 is 15.8. The molecule has 0 radical (unpaired) electrons. The molecule has 7 nitrogen and oxygen atoms in total. The highest BCUT2D eigenvalue weighted by Gasteiger charge is 2.21. The maximum Gasteiger partial charge on any atom is 0.341 e. The standard InChI is InChI=1S/C21H15NO6/c1-3-19(24)27-17-9-12-13(8-15(17)21(25)26-2)16(23)10-18-14(12)7-11-5-4-6-22-20(11)28-18/h4-10H,3H2,1-2H3. The zero-order chi connectivity index (χ0) is 19.8. The first kappa shape index (κ1) is 17.7. The number of fused-ring (bicyclic) bond motifs is 4. The van der Waals surface area contributed by atoms with Crippen LogP contribution in [0.4, 0.5) is 0 Å². The van der Waals surface area contributed by atoms with Gasteiger partial charge in [-0.15, -0.1) is 0 Å². The molecule has 1 aromatic heterocycles. The summed E-state index contributed by atoms with van der Waals surface area (Å²) in [5.74, 6) is -0.828. The van der Waals surface area contributed by atoms with Crippen LogP contribution in [-0.4, -0.2) is 24.0 Å². The van der Waals surface area contributed by atoms with E-state index in [4.69, 9.17) is 13.9 Å². The van der Waals surface area contributed by atoms with E-state index in [1.165, 1.54) is 25.3 Å². The molecule has 0 N–H and O–H groups in total. The third kappa shape index (κ3) is 2.87. The van der Waals surface area contributed by atoms with Crippen molar-refractivity contribution in [2.75, 3.05) is 7.11 Å². The molecule has 2 aromatic rings. The van der Waals surface area contributed by atoms with Crippen molar-refractivity contribution in [3.8, 4) is 17.1 Å². The van der Waals surface area contributed by atoms with Crippen LogP contribution in [0.2, 0.25) is 0 Å². The Morgan fingerprint density at radius 2 is 1.96 bits per heavy atom. The van der Waals surface area contributed by atoms with E-state index in [-0.39, 0.29) is 23.2 Å². The van der Waals surface area contributed by atoms with Gasteiger partial charge in [0.25, 0.3) is 0 Å². The maximum atomic E-state index is 12.6. The van der Waals surface area contributed by atoms with Crippen molar-refractivity contribution in [2.45, 2.75) is 13.3 Å². The van der Waals surface area contributed by atoms with E-state index in [1.807, 2.05) is 12.1 Å². The topological polar surface area (TPSA) is 95.7 Å². The van der Waals surface area contributed by atoms with Gasteiger partial charge in [-0.1, -0.05) is 6.92 Å². The van der Waals surface area contributed by atoms with Crippen LogP contribution in [0.15, 0.2) is 51.8 Å². The van der Waals surface area contributed by atoms with E-state index in [0.717, 1.165) is 5.39 Å². The van der Waals surface area contributed by atoms with Crippen LogP contribution in [0.25, 0.3) is 33.2 Å². The lowest BCUT2D eigenvalue weighted by Gasteiger charge is -2.13. The molecule has 4 rings (SSSR count). The zero-order valence-corrected chi connectivity index (χ0v) is 15.1. The van der Waals surface area contributed by atoms with Gasteiger partial charge >= 0.3 is 11.9 Å². The van der Waals surface area contributed by atoms with Gasteiger partial charge in [0, 0.05) is 40.4 Å². The molecule has 0 saturated heterocycles. The molecule has 2 heterocycles. The Kier molecular flexibility index (Phi) is 4.27. The van der Waals surface area contributed by atoms with Crippen LogP contribution in [0.5, 0.6) is 5.75 Å². The second kappa shape index (κ2) is 6.77. The normalized spacial score (nSPS) is 11.1. The van der Waals surface area contributed by atoms with E-state index in [2.05, 4.69) is 4.98 Å². The Balaban J connectivity index is 2.09. The number of hydrogen-bond acceptors (Lipinski definition) is 7. The molecule has 140 valence electrons. The average molecular weight is 377 g/mol. The Morgan fingerprint density at radius 3 is 2.71 bits per heavy atom. The SMILES string of the molecule is CCC(=O)Oc1cc2c3cc4cccnc4oc-3cc(=O)c2cc1C(=O)OC. The summed E-state index contributed by atoms with van der Waals surface area (Å²) in [6.45, 7) is 1.64. The van der Waals surface area contributed by atoms with Crippen LogP contribution in [0.1, 0.15) is 23.7 Å². The summed E-state index contributed by atoms with van der Waals surface area (Å²) in [5, 5.41) is 1.55. The quantitative estimate of drug-likeness (QED) is 0.233. The van der Waals surface area contributed by atoms with Crippen molar-refractivity contribution in [1.82, 2.24) is 4.98 Å². The first-order valence-corrected chi connectivity index (χ1v) is 8.60. The van der Waals surface area contributed by atoms with Crippen LogP contribution >= 0.6 is 0 Å². The summed E-state index contributed by atoms with van der Waals surface area (Å²) in [6, 6.07) is 9.68. The Morgan fingerprint density at radius 1 is 1.14 bits per heavy atom. The monoisotopic (exact) mass is 377 g/mol. The minimum atomic E-state index is -0.701. The van der Waals surface area contributed by atoms with E-state index >= 15 is 0 Å². The molecule has 0 amide bonds. The highest BCUT2D eigenvalue weighted by Crippen LogP contribution is 2.35. The minimum absolute atomic E-state index is 0.00708. The molecule has 1 aliphatic carbocycles. The third-order valence-electron chi connectivity index (χ3n) is 4.43. The lowest BCUT2D eigenvalue weighted by Crippen LogP contribution is -2.12. The van der Waals surface area contributed by atoms with Crippen molar-refractivity contribution in [3.63, 3.8) is 0 Å². The lowest BCUT2D eigenvalue weighted by molar-refractivity contribution is -0.134. The molecule has 2 aliphatic rings. The van der Waals surface area contributed by atoms with Gasteiger partial charge in [-0.2, -0.15) is 0 Å². The van der Waals surface area contributed by atoms with Crippen LogP contribution < -0.4 is 10.2 Å². The van der Waals surface area contributed by atoms with Crippen molar-refractivity contribution in [2.24, 2.45) is 0 Å². The van der Waals surface area contributed by atoms with Gasteiger partial charge in [-0.25, -0.2) is 9.78 Å². The van der Waals surface area contributed by atoms with E-state index < -0.39 is 11.9 Å². The van der Waals surface area contributed by atoms with Gasteiger partial charge < -0.3 is 13.9 Å². The van der Waals surface area contributed by atoms with E-state index in [1.54, 1.807) is 19.2 Å². The Hall–Kier alpha value is -3.74. The highest BCUT2D eigenvalue weighted by molar-refractivity contribution is 6.05. The number of ether oxygens (including phenoxy) is 2. The third-order valence-corrected chi connectivity index (χ3v) is 4.43. The maximum absolute atomic E-state index is 12.6. The molecule has 0 bridgehead atoms. The number of benzene rings is 2. The molecule has 0 atom stereocenters. The summed E-state index contributed by atoms with van der Waals surface area (Å²) >= 11 is 0. The van der Waals surface area contributed by atoms with Gasteiger partial charge in [0.05, 0.1) is 7.11 Å². The molecule has 0 fully saturated rings. The number of nitrogens with zero attached hydrogens (tertiary/aromatic N) is 1. The summed E-state index contributed by atoms with van der Waals surface area (Å²) in [5.41, 5.74) is 0.713. The number of rotatable bonds is 3. The van der Waals surface area contributed by atoms with E-state index in [9.17, 15) is 14.4 Å². The summed E-state index contributed by atoms with van der Waals surface area (Å²) in [4.78, 5) is 40.8. The largest absolute Gasteiger partial charge is 0.465 e. The zero-order valence-electron chi connectivity index (χ0n) is 15.1. The number of esters is 2. The Bertz CT molecular complexity index is 1270. The second-order valence-corrected chi connectivity index (χ2v) is 6.14. The van der Waals surface area contributed by atoms with E-state index in [0.29, 0.717) is 27.8 Å². The molecular weight excluding hydrogens is 362 g/mol. The van der Waals surface area contributed by atoms with Crippen molar-refractivity contribution in [3.05, 3.63) is 58.4 Å². The van der Waals surface area contributed by atoms with Crippen LogP contribution in [-0.2, 0) is 9.53 Å². The second-order valence-electron chi connectivity index (χ2n) is 6.14. The lowest BCUT2D eigenvalue weighted by atomic mass is 9.97. The summed E-state index contributed by atoms with van der Waals surface area (Å²) in [6.07, 6.45) is 1.73. The first-order chi connectivity index (χ1) is 13.5. The minimum Gasteiger partial charge on any atom is -0.465 e. The van der Waals surface area contributed by atoms with Crippen molar-refractivity contribution < 1.29 is 23.5 Å². The number of aromatic nitrogens is 1. The molecule has 0 spiro atoms. The van der Waals surface area contributed by atoms with Crippen LogP contribution in [0, 0.1) is 0 Å². The summed E-state index contributed by atoms with van der Waals surface area (Å²) in [7, 11) is 1.22. The van der Waals surface area contributed by atoms with Gasteiger partial charge in [-0.3, -0.25) is 9.59 Å². The molecule has 7 heteroatoms. The number of carbonyl (C=O) groups is 2. The van der Waals surface area contributed by atoms with Crippen LogP contribution in [0.3, 0.4) is 0 Å². The Labute approximate surface area is 158 Å². The fourth-order valence-electron chi connectivity index (χ4n) is 3.05. The predicted octanol–water partition coefficient (Wildman–Crippen LogP) is 3.55. The van der Waals surface area contributed by atoms with Gasteiger partial charge in [0.2, 0.25) is 5.71 Å². The highest BCUT2D eigenvalue weighted by atomic mass is 16.5. The molecule has 0 saturated carbocycles. The number of pyridine rings is 1. The number of methoxy groups -OCH3 is 1. The predicted molar refractivity (Wildman–Crippen MR) is 102 cm³/mol. The van der Waals surface area contributed by atoms with Gasteiger partial charge in [-0.05, 0) is 30.3 Å².